The number of rotatable bonds is 6. The van der Waals surface area contributed by atoms with Gasteiger partial charge in [-0.15, -0.1) is 0 Å². The highest BCUT2D eigenvalue weighted by atomic mass is 32.2. The average Bonchev–Trinajstić information content (AvgIpc) is 3.18. The van der Waals surface area contributed by atoms with Crippen molar-refractivity contribution in [2.45, 2.75) is 24.2 Å². The second-order valence-electron chi connectivity index (χ2n) is 9.47. The minimum Gasteiger partial charge on any atom is -0.314 e. The van der Waals surface area contributed by atoms with Crippen LogP contribution in [-0.2, 0) is 20.0 Å². The summed E-state index contributed by atoms with van der Waals surface area (Å²) in [5.74, 6) is 0. The van der Waals surface area contributed by atoms with Gasteiger partial charge < -0.3 is 4.57 Å². The Bertz CT molecular complexity index is 1460. The lowest BCUT2D eigenvalue weighted by molar-refractivity contribution is 0.538. The summed E-state index contributed by atoms with van der Waals surface area (Å²) in [6.07, 6.45) is 0.324. The molecule has 0 aliphatic carbocycles. The van der Waals surface area contributed by atoms with E-state index in [4.69, 9.17) is 0 Å². The van der Waals surface area contributed by atoms with Crippen molar-refractivity contribution in [1.82, 2.24) is 0 Å². The molecule has 1 aliphatic rings. The molecule has 1 unspecified atom stereocenters. The van der Waals surface area contributed by atoms with Crippen molar-refractivity contribution in [2.24, 2.45) is 0 Å². The highest BCUT2D eigenvalue weighted by molar-refractivity contribution is 7.92. The summed E-state index contributed by atoms with van der Waals surface area (Å²) in [5, 5.41) is 1.56. The van der Waals surface area contributed by atoms with Gasteiger partial charge >= 0.3 is 0 Å². The summed E-state index contributed by atoms with van der Waals surface area (Å²) < 4.78 is 43.9. The van der Waals surface area contributed by atoms with E-state index in [1.807, 2.05) is 111 Å². The minimum absolute atomic E-state index is 0.228. The van der Waals surface area contributed by atoms with Crippen LogP contribution in [0.1, 0.15) is 18.1 Å². The molecular formula is C29H28NO3PS. The zero-order chi connectivity index (χ0) is 24.7. The van der Waals surface area contributed by atoms with E-state index >= 15 is 0 Å². The van der Waals surface area contributed by atoms with Crippen LogP contribution in [0.25, 0.3) is 0 Å². The fourth-order valence-corrected chi connectivity index (χ4v) is 9.87. The Balaban J connectivity index is 1.62. The van der Waals surface area contributed by atoms with Gasteiger partial charge in [0.25, 0.3) is 10.0 Å². The van der Waals surface area contributed by atoms with Gasteiger partial charge in [0.05, 0.1) is 10.6 Å². The van der Waals surface area contributed by atoms with Crippen LogP contribution in [0.5, 0.6) is 0 Å². The second kappa shape index (κ2) is 8.82. The molecule has 4 aromatic rings. The quantitative estimate of drug-likeness (QED) is 0.329. The number of nitrogens with zero attached hydrogens (tertiary/aromatic N) is 1. The number of benzene rings is 4. The smallest absolute Gasteiger partial charge is 0.264 e. The predicted molar refractivity (Wildman–Crippen MR) is 144 cm³/mol. The van der Waals surface area contributed by atoms with Gasteiger partial charge in [0.2, 0.25) is 0 Å². The Morgan fingerprint density at radius 2 is 1.29 bits per heavy atom. The van der Waals surface area contributed by atoms with Gasteiger partial charge in [-0.25, -0.2) is 8.42 Å². The van der Waals surface area contributed by atoms with Crippen LogP contribution >= 0.6 is 7.14 Å². The van der Waals surface area contributed by atoms with Crippen molar-refractivity contribution in [1.29, 1.82) is 0 Å². The molecule has 0 bridgehead atoms. The first-order valence-corrected chi connectivity index (χ1v) is 15.0. The first kappa shape index (κ1) is 23.6. The zero-order valence-corrected chi connectivity index (χ0v) is 21.5. The number of fused-ring (bicyclic) bond motifs is 1. The largest absolute Gasteiger partial charge is 0.314 e. The second-order valence-corrected chi connectivity index (χ2v) is 14.2. The molecule has 6 heteroatoms. The van der Waals surface area contributed by atoms with E-state index in [0.29, 0.717) is 11.8 Å². The van der Waals surface area contributed by atoms with E-state index in [-0.39, 0.29) is 11.4 Å². The van der Waals surface area contributed by atoms with Crippen LogP contribution < -0.4 is 14.9 Å². The Kier molecular flexibility index (Phi) is 5.94. The van der Waals surface area contributed by atoms with Crippen LogP contribution in [0.4, 0.5) is 5.69 Å². The topological polar surface area (TPSA) is 54.5 Å². The van der Waals surface area contributed by atoms with Gasteiger partial charge in [-0.3, -0.25) is 4.31 Å². The maximum absolute atomic E-state index is 14.9. The molecule has 0 amide bonds. The molecule has 0 aromatic heterocycles. The van der Waals surface area contributed by atoms with E-state index in [1.165, 1.54) is 4.31 Å². The van der Waals surface area contributed by atoms with Crippen molar-refractivity contribution in [3.63, 3.8) is 0 Å². The van der Waals surface area contributed by atoms with E-state index in [1.54, 1.807) is 12.1 Å². The summed E-state index contributed by atoms with van der Waals surface area (Å²) in [7, 11) is -6.85. The van der Waals surface area contributed by atoms with Crippen LogP contribution in [0.15, 0.2) is 114 Å². The molecule has 4 aromatic carbocycles. The fraction of sp³-hybridized carbons (Fsp3) is 0.172. The minimum atomic E-state index is -3.78. The number of anilines is 1. The number of hydrogen-bond donors (Lipinski definition) is 0. The Morgan fingerprint density at radius 1 is 0.771 bits per heavy atom. The van der Waals surface area contributed by atoms with Gasteiger partial charge in [0, 0.05) is 28.7 Å². The number of aryl methyl sites for hydroxylation is 1. The van der Waals surface area contributed by atoms with E-state index in [9.17, 15) is 13.0 Å². The fourth-order valence-electron chi connectivity index (χ4n) is 5.04. The molecule has 0 saturated carbocycles. The maximum Gasteiger partial charge on any atom is 0.264 e. The molecule has 0 radical (unpaired) electrons. The van der Waals surface area contributed by atoms with Crippen LogP contribution in [-0.4, -0.2) is 21.1 Å². The molecule has 1 heterocycles. The molecule has 178 valence electrons. The van der Waals surface area contributed by atoms with Gasteiger partial charge in [0.1, 0.15) is 7.14 Å². The van der Waals surface area contributed by atoms with Gasteiger partial charge in [-0.2, -0.15) is 0 Å². The van der Waals surface area contributed by atoms with Gasteiger partial charge in [-0.1, -0.05) is 103 Å². The van der Waals surface area contributed by atoms with Crippen molar-refractivity contribution < 1.29 is 13.0 Å². The molecular weight excluding hydrogens is 473 g/mol. The van der Waals surface area contributed by atoms with Crippen molar-refractivity contribution in [3.8, 4) is 0 Å². The number of sulfonamides is 1. The summed E-state index contributed by atoms with van der Waals surface area (Å²) in [4.78, 5) is 0.261. The summed E-state index contributed by atoms with van der Waals surface area (Å²) in [5.41, 5.74) is 1.92. The summed E-state index contributed by atoms with van der Waals surface area (Å²) >= 11 is 0. The average molecular weight is 502 g/mol. The SMILES string of the molecule is Cc1ccc(S(=O)(=O)N2CC(C)(CP(=O)(c3ccccc3)c3ccccc3)c3ccccc32)cc1. The molecule has 4 nitrogen and oxygen atoms in total. The highest BCUT2D eigenvalue weighted by Gasteiger charge is 2.48. The van der Waals surface area contributed by atoms with E-state index in [0.717, 1.165) is 21.7 Å². The lowest BCUT2D eigenvalue weighted by atomic mass is 9.87. The van der Waals surface area contributed by atoms with Gasteiger partial charge in [-0.05, 0) is 30.7 Å². The molecule has 0 fully saturated rings. The first-order chi connectivity index (χ1) is 16.7. The van der Waals surface area contributed by atoms with Crippen molar-refractivity contribution in [2.75, 3.05) is 17.0 Å². The highest BCUT2D eigenvalue weighted by Crippen LogP contribution is 2.53. The maximum atomic E-state index is 14.9. The molecule has 35 heavy (non-hydrogen) atoms. The van der Waals surface area contributed by atoms with Crippen LogP contribution in [0.3, 0.4) is 0 Å². The lowest BCUT2D eigenvalue weighted by Crippen LogP contribution is -2.39. The standard InChI is InChI=1S/C29H28NO3PS/c1-23-17-19-26(20-18-23)35(32,33)30-21-29(2,27-15-9-10-16-28(27)30)22-34(31,24-11-5-3-6-12-24)25-13-7-4-8-14-25/h3-20H,21-22H2,1-2H3. The Hall–Kier alpha value is -3.14. The molecule has 5 rings (SSSR count). The van der Waals surface area contributed by atoms with Crippen molar-refractivity contribution >= 4 is 33.5 Å². The monoisotopic (exact) mass is 501 g/mol. The Labute approximate surface area is 207 Å². The molecule has 0 saturated heterocycles. The predicted octanol–water partition coefficient (Wildman–Crippen LogP) is 5.48. The van der Waals surface area contributed by atoms with Crippen LogP contribution in [0, 0.1) is 6.92 Å². The third kappa shape index (κ3) is 4.13. The lowest BCUT2D eigenvalue weighted by Gasteiger charge is -2.31. The molecule has 0 N–H and O–H groups in total. The summed E-state index contributed by atoms with van der Waals surface area (Å²) in [6.45, 7) is 4.20. The van der Waals surface area contributed by atoms with Crippen molar-refractivity contribution in [3.05, 3.63) is 120 Å². The van der Waals surface area contributed by atoms with Gasteiger partial charge in [0.15, 0.2) is 0 Å². The van der Waals surface area contributed by atoms with Crippen LogP contribution in [0.2, 0.25) is 0 Å². The zero-order valence-electron chi connectivity index (χ0n) is 19.8. The molecule has 0 spiro atoms. The molecule has 1 atom stereocenters. The third-order valence-corrected chi connectivity index (χ3v) is 12.0. The number of hydrogen-bond acceptors (Lipinski definition) is 3. The Morgan fingerprint density at radius 3 is 1.86 bits per heavy atom. The normalized spacial score (nSPS) is 17.8. The van der Waals surface area contributed by atoms with E-state index in [2.05, 4.69) is 0 Å². The third-order valence-electron chi connectivity index (χ3n) is 6.84. The van der Waals surface area contributed by atoms with E-state index < -0.39 is 22.6 Å². The molecule has 1 aliphatic heterocycles. The first-order valence-electron chi connectivity index (χ1n) is 11.6. The summed E-state index contributed by atoms with van der Waals surface area (Å²) in [6, 6.07) is 33.7. The number of para-hydroxylation sites is 1.